The second-order valence-corrected chi connectivity index (χ2v) is 4.48. The van der Waals surface area contributed by atoms with Gasteiger partial charge < -0.3 is 5.32 Å². The van der Waals surface area contributed by atoms with Crippen LogP contribution in [0.5, 0.6) is 0 Å². The normalized spacial score (nSPS) is 10.5. The first-order valence-electron chi connectivity index (χ1n) is 6.39. The Kier molecular flexibility index (Phi) is 3.42. The fourth-order valence-corrected chi connectivity index (χ4v) is 2.01. The first kappa shape index (κ1) is 13.0. The molecule has 0 fully saturated rings. The van der Waals surface area contributed by atoms with Gasteiger partial charge in [0.15, 0.2) is 0 Å². The van der Waals surface area contributed by atoms with Gasteiger partial charge in [-0.15, -0.1) is 0 Å². The van der Waals surface area contributed by atoms with E-state index in [4.69, 9.17) is 0 Å². The molecule has 6 nitrogen and oxygen atoms in total. The van der Waals surface area contributed by atoms with E-state index in [1.807, 2.05) is 12.1 Å². The van der Waals surface area contributed by atoms with Crippen LogP contribution in [0, 0.1) is 0 Å². The number of rotatable bonds is 3. The summed E-state index contributed by atoms with van der Waals surface area (Å²) < 4.78 is 1.15. The Labute approximate surface area is 120 Å². The molecule has 1 N–H and O–H groups in total. The van der Waals surface area contributed by atoms with Crippen LogP contribution in [0.2, 0.25) is 0 Å². The zero-order valence-corrected chi connectivity index (χ0v) is 11.1. The van der Waals surface area contributed by atoms with E-state index >= 15 is 0 Å². The van der Waals surface area contributed by atoms with Crippen LogP contribution in [-0.4, -0.2) is 20.7 Å². The Balaban J connectivity index is 1.83. The number of carbonyl (C=O) groups excluding carboxylic acids is 1. The molecule has 0 atom stereocenters. The van der Waals surface area contributed by atoms with Crippen LogP contribution in [0.15, 0.2) is 59.8 Å². The van der Waals surface area contributed by atoms with Gasteiger partial charge in [0.05, 0.1) is 11.6 Å². The lowest BCUT2D eigenvalue weighted by Crippen LogP contribution is -2.29. The first-order valence-corrected chi connectivity index (χ1v) is 6.39. The number of nitrogens with one attached hydrogen (secondary N) is 1. The molecule has 0 bridgehead atoms. The quantitative estimate of drug-likeness (QED) is 0.787. The summed E-state index contributed by atoms with van der Waals surface area (Å²) in [5, 5.41) is 8.01. The fraction of sp³-hybridized carbons (Fsp3) is 0.0667. The van der Waals surface area contributed by atoms with Gasteiger partial charge in [0.25, 0.3) is 5.56 Å². The SMILES string of the molecule is O=C(Cn1ncc2ccccc2c1=O)Nc1ccncc1. The third-order valence-electron chi connectivity index (χ3n) is 3.02. The smallest absolute Gasteiger partial charge is 0.275 e. The number of pyridine rings is 1. The maximum absolute atomic E-state index is 12.2. The monoisotopic (exact) mass is 280 g/mol. The Morgan fingerprint density at radius 2 is 1.90 bits per heavy atom. The van der Waals surface area contributed by atoms with Crippen molar-refractivity contribution in [2.75, 3.05) is 5.32 Å². The minimum absolute atomic E-state index is 0.133. The number of nitrogens with zero attached hydrogens (tertiary/aromatic N) is 3. The third-order valence-corrected chi connectivity index (χ3v) is 3.02. The standard InChI is InChI=1S/C15H12N4O2/c20-14(18-12-5-7-16-8-6-12)10-19-15(21)13-4-2-1-3-11(13)9-17-19/h1-9H,10H2,(H,16,18,20). The van der Waals surface area contributed by atoms with E-state index < -0.39 is 0 Å². The van der Waals surface area contributed by atoms with E-state index in [1.54, 1.807) is 42.9 Å². The lowest BCUT2D eigenvalue weighted by molar-refractivity contribution is -0.117. The summed E-state index contributed by atoms with van der Waals surface area (Å²) in [6, 6.07) is 10.5. The molecule has 3 rings (SSSR count). The van der Waals surface area contributed by atoms with Crippen molar-refractivity contribution in [3.63, 3.8) is 0 Å². The number of hydrogen-bond donors (Lipinski definition) is 1. The molecule has 0 spiro atoms. The van der Waals surface area contributed by atoms with E-state index in [0.29, 0.717) is 11.1 Å². The highest BCUT2D eigenvalue weighted by molar-refractivity contribution is 5.90. The van der Waals surface area contributed by atoms with Crippen LogP contribution in [-0.2, 0) is 11.3 Å². The van der Waals surface area contributed by atoms with E-state index in [9.17, 15) is 9.59 Å². The lowest BCUT2D eigenvalue weighted by atomic mass is 10.2. The molecule has 0 aliphatic carbocycles. The van der Waals surface area contributed by atoms with Crippen molar-refractivity contribution in [1.29, 1.82) is 0 Å². The van der Waals surface area contributed by atoms with Gasteiger partial charge in [-0.2, -0.15) is 5.10 Å². The molecule has 0 saturated carbocycles. The summed E-state index contributed by atoms with van der Waals surface area (Å²) >= 11 is 0. The number of carbonyl (C=O) groups is 1. The van der Waals surface area contributed by atoms with Crippen molar-refractivity contribution in [3.05, 3.63) is 65.3 Å². The highest BCUT2D eigenvalue weighted by Gasteiger charge is 2.08. The predicted molar refractivity (Wildman–Crippen MR) is 78.9 cm³/mol. The van der Waals surface area contributed by atoms with Gasteiger partial charge in [-0.1, -0.05) is 18.2 Å². The van der Waals surface area contributed by atoms with Crippen molar-refractivity contribution in [3.8, 4) is 0 Å². The van der Waals surface area contributed by atoms with Gasteiger partial charge in [-0.3, -0.25) is 14.6 Å². The van der Waals surface area contributed by atoms with Crippen LogP contribution < -0.4 is 10.9 Å². The minimum atomic E-state index is -0.314. The average Bonchev–Trinajstić information content (AvgIpc) is 2.51. The molecule has 3 aromatic rings. The first-order chi connectivity index (χ1) is 10.2. The van der Waals surface area contributed by atoms with Crippen molar-refractivity contribution >= 4 is 22.4 Å². The van der Waals surface area contributed by atoms with Gasteiger partial charge >= 0.3 is 0 Å². The predicted octanol–water partition coefficient (Wildman–Crippen LogP) is 1.43. The Bertz CT molecular complexity index is 843. The lowest BCUT2D eigenvalue weighted by Gasteiger charge is -2.07. The van der Waals surface area contributed by atoms with E-state index in [0.717, 1.165) is 10.1 Å². The van der Waals surface area contributed by atoms with Crippen molar-refractivity contribution in [2.45, 2.75) is 6.54 Å². The molecule has 1 amide bonds. The van der Waals surface area contributed by atoms with Gasteiger partial charge in [0, 0.05) is 23.5 Å². The topological polar surface area (TPSA) is 76.9 Å². The zero-order chi connectivity index (χ0) is 14.7. The van der Waals surface area contributed by atoms with E-state index in [-0.39, 0.29) is 18.0 Å². The molecule has 0 saturated heterocycles. The van der Waals surface area contributed by atoms with Crippen LogP contribution in [0.25, 0.3) is 10.8 Å². The Morgan fingerprint density at radius 1 is 1.14 bits per heavy atom. The maximum atomic E-state index is 12.2. The molecule has 0 aliphatic rings. The molecule has 0 radical (unpaired) electrons. The summed E-state index contributed by atoms with van der Waals surface area (Å²) in [7, 11) is 0. The molecule has 0 unspecified atom stereocenters. The van der Waals surface area contributed by atoms with Gasteiger partial charge in [-0.25, -0.2) is 4.68 Å². The molecular formula is C15H12N4O2. The molecule has 1 aromatic carbocycles. The van der Waals surface area contributed by atoms with Gasteiger partial charge in [0.2, 0.25) is 5.91 Å². The maximum Gasteiger partial charge on any atom is 0.275 e. The van der Waals surface area contributed by atoms with Crippen molar-refractivity contribution in [2.24, 2.45) is 0 Å². The molecule has 2 heterocycles. The summed E-state index contributed by atoms with van der Waals surface area (Å²) in [6.07, 6.45) is 4.74. The zero-order valence-electron chi connectivity index (χ0n) is 11.1. The van der Waals surface area contributed by atoms with Crippen molar-refractivity contribution < 1.29 is 4.79 Å². The number of amides is 1. The fourth-order valence-electron chi connectivity index (χ4n) is 2.01. The molecule has 2 aromatic heterocycles. The summed E-state index contributed by atoms with van der Waals surface area (Å²) in [6.45, 7) is -0.133. The second-order valence-electron chi connectivity index (χ2n) is 4.48. The molecule has 104 valence electrons. The molecule has 21 heavy (non-hydrogen) atoms. The van der Waals surface area contributed by atoms with Gasteiger partial charge in [-0.05, 0) is 18.2 Å². The van der Waals surface area contributed by atoms with Crippen LogP contribution in [0.1, 0.15) is 0 Å². The van der Waals surface area contributed by atoms with Crippen LogP contribution >= 0.6 is 0 Å². The number of aromatic nitrogens is 3. The number of anilines is 1. The van der Waals surface area contributed by atoms with E-state index in [2.05, 4.69) is 15.4 Å². The highest BCUT2D eigenvalue weighted by atomic mass is 16.2. The average molecular weight is 280 g/mol. The van der Waals surface area contributed by atoms with Crippen LogP contribution in [0.4, 0.5) is 5.69 Å². The summed E-state index contributed by atoms with van der Waals surface area (Å²) in [5.74, 6) is -0.314. The van der Waals surface area contributed by atoms with Crippen molar-refractivity contribution in [1.82, 2.24) is 14.8 Å². The molecular weight excluding hydrogens is 268 g/mol. The number of hydrogen-bond acceptors (Lipinski definition) is 4. The van der Waals surface area contributed by atoms with Crippen LogP contribution in [0.3, 0.4) is 0 Å². The van der Waals surface area contributed by atoms with Gasteiger partial charge in [0.1, 0.15) is 6.54 Å². The molecule has 0 aliphatic heterocycles. The summed E-state index contributed by atoms with van der Waals surface area (Å²) in [4.78, 5) is 28.0. The summed E-state index contributed by atoms with van der Waals surface area (Å²) in [5.41, 5.74) is 0.349. The molecule has 6 heteroatoms. The minimum Gasteiger partial charge on any atom is -0.324 e. The Morgan fingerprint density at radius 3 is 2.71 bits per heavy atom. The van der Waals surface area contributed by atoms with E-state index in [1.165, 1.54) is 0 Å². The highest BCUT2D eigenvalue weighted by Crippen LogP contribution is 2.07. The third kappa shape index (κ3) is 2.79. The number of fused-ring (bicyclic) bond motifs is 1. The number of benzene rings is 1. The Hall–Kier alpha value is -3.02. The largest absolute Gasteiger partial charge is 0.324 e. The second kappa shape index (κ2) is 5.54.